The molecule has 2 aliphatic rings. The number of nitrogens with one attached hydrogen (secondary N) is 1. The van der Waals surface area contributed by atoms with Crippen molar-refractivity contribution in [3.8, 4) is 0 Å². The zero-order valence-corrected chi connectivity index (χ0v) is 15.3. The lowest BCUT2D eigenvalue weighted by molar-refractivity contribution is -0.123. The summed E-state index contributed by atoms with van der Waals surface area (Å²) in [6.07, 6.45) is 0.916. The molecule has 3 amide bonds. The van der Waals surface area contributed by atoms with Crippen molar-refractivity contribution in [1.29, 1.82) is 0 Å². The summed E-state index contributed by atoms with van der Waals surface area (Å²) in [5, 5.41) is 11.9. The van der Waals surface area contributed by atoms with Crippen LogP contribution in [0.5, 0.6) is 0 Å². The van der Waals surface area contributed by atoms with Crippen molar-refractivity contribution < 1.29 is 14.4 Å². The summed E-state index contributed by atoms with van der Waals surface area (Å²) in [5.74, 6) is -1.18. The predicted molar refractivity (Wildman–Crippen MR) is 103 cm³/mol. The largest absolute Gasteiger partial charge is 0.324 e. The number of carbonyl (C=O) groups excluding carboxylic acids is 3. The van der Waals surface area contributed by atoms with Gasteiger partial charge in [-0.1, -0.05) is 42.5 Å². The SMILES string of the molecule is CCc1ccc(NC(=O)CN2N=N[C@@H]3C(=O)N(c4ccccc4)C(=O)[C@@H]32)cc1. The summed E-state index contributed by atoms with van der Waals surface area (Å²) in [4.78, 5) is 38.9. The predicted octanol–water partition coefficient (Wildman–Crippen LogP) is 2.18. The van der Waals surface area contributed by atoms with Gasteiger partial charge in [0.25, 0.3) is 11.8 Å². The minimum atomic E-state index is -0.913. The van der Waals surface area contributed by atoms with Gasteiger partial charge in [-0.2, -0.15) is 5.11 Å². The van der Waals surface area contributed by atoms with Crippen LogP contribution < -0.4 is 10.2 Å². The molecule has 0 aliphatic carbocycles. The quantitative estimate of drug-likeness (QED) is 0.808. The Labute approximate surface area is 161 Å². The molecule has 1 fully saturated rings. The molecule has 28 heavy (non-hydrogen) atoms. The standard InChI is InChI=1S/C20H19N5O3/c1-2-13-8-10-14(11-9-13)21-16(26)12-24-18-17(22-23-24)19(27)25(20(18)28)15-6-4-3-5-7-15/h3-11,17-18H,2,12H2,1H3,(H,21,26)/t17-,18+/m0/s1. The van der Waals surface area contributed by atoms with Crippen molar-refractivity contribution in [2.75, 3.05) is 16.8 Å². The van der Waals surface area contributed by atoms with Crippen LogP contribution in [0.4, 0.5) is 11.4 Å². The third-order valence-corrected chi connectivity index (χ3v) is 4.82. The molecule has 2 aromatic carbocycles. The van der Waals surface area contributed by atoms with E-state index in [4.69, 9.17) is 0 Å². The second-order valence-electron chi connectivity index (χ2n) is 6.64. The van der Waals surface area contributed by atoms with Crippen LogP contribution in [0.15, 0.2) is 64.9 Å². The van der Waals surface area contributed by atoms with Gasteiger partial charge in [-0.15, -0.1) is 0 Å². The normalized spacial score (nSPS) is 20.6. The van der Waals surface area contributed by atoms with Crippen LogP contribution >= 0.6 is 0 Å². The Morgan fingerprint density at radius 2 is 1.75 bits per heavy atom. The van der Waals surface area contributed by atoms with Crippen LogP contribution in [0.1, 0.15) is 12.5 Å². The number of carbonyl (C=O) groups is 3. The van der Waals surface area contributed by atoms with E-state index in [1.165, 1.54) is 10.6 Å². The Morgan fingerprint density at radius 1 is 1.04 bits per heavy atom. The van der Waals surface area contributed by atoms with Crippen molar-refractivity contribution in [2.24, 2.45) is 10.3 Å². The maximum Gasteiger partial charge on any atom is 0.263 e. The van der Waals surface area contributed by atoms with Gasteiger partial charge in [0.05, 0.1) is 5.69 Å². The van der Waals surface area contributed by atoms with Gasteiger partial charge in [0.2, 0.25) is 5.91 Å². The van der Waals surface area contributed by atoms with E-state index < -0.39 is 23.9 Å². The first kappa shape index (κ1) is 17.8. The molecule has 0 spiro atoms. The second-order valence-corrected chi connectivity index (χ2v) is 6.64. The monoisotopic (exact) mass is 377 g/mol. The number of nitrogens with zero attached hydrogens (tertiary/aromatic N) is 4. The molecule has 2 atom stereocenters. The fourth-order valence-corrected chi connectivity index (χ4v) is 3.36. The van der Waals surface area contributed by atoms with E-state index in [1.54, 1.807) is 30.3 Å². The number of para-hydroxylation sites is 1. The highest BCUT2D eigenvalue weighted by Gasteiger charge is 2.55. The molecule has 8 nitrogen and oxygen atoms in total. The average Bonchev–Trinajstić information content (AvgIpc) is 3.23. The third-order valence-electron chi connectivity index (χ3n) is 4.82. The molecule has 4 rings (SSSR count). The molecular weight excluding hydrogens is 358 g/mol. The van der Waals surface area contributed by atoms with E-state index in [-0.39, 0.29) is 12.5 Å². The molecule has 2 aliphatic heterocycles. The Bertz CT molecular complexity index is 942. The maximum absolute atomic E-state index is 12.8. The molecule has 0 bridgehead atoms. The zero-order chi connectivity index (χ0) is 19.7. The van der Waals surface area contributed by atoms with E-state index >= 15 is 0 Å². The highest BCUT2D eigenvalue weighted by Crippen LogP contribution is 2.31. The number of fused-ring (bicyclic) bond motifs is 1. The van der Waals surface area contributed by atoms with E-state index in [2.05, 4.69) is 22.6 Å². The summed E-state index contributed by atoms with van der Waals surface area (Å²) in [6.45, 7) is 1.89. The maximum atomic E-state index is 12.8. The number of hydrogen-bond acceptors (Lipinski definition) is 6. The lowest BCUT2D eigenvalue weighted by atomic mass is 10.1. The minimum Gasteiger partial charge on any atom is -0.324 e. The first-order valence-corrected chi connectivity index (χ1v) is 9.07. The van der Waals surface area contributed by atoms with Crippen LogP contribution in [0.3, 0.4) is 0 Å². The number of imide groups is 1. The summed E-state index contributed by atoms with van der Waals surface area (Å²) in [7, 11) is 0. The van der Waals surface area contributed by atoms with Gasteiger partial charge in [-0.3, -0.25) is 19.4 Å². The van der Waals surface area contributed by atoms with Crippen LogP contribution in [-0.2, 0) is 20.8 Å². The van der Waals surface area contributed by atoms with Gasteiger partial charge in [-0.25, -0.2) is 4.90 Å². The highest BCUT2D eigenvalue weighted by molar-refractivity contribution is 6.25. The van der Waals surface area contributed by atoms with E-state index in [0.717, 1.165) is 11.3 Å². The van der Waals surface area contributed by atoms with Gasteiger partial charge >= 0.3 is 0 Å². The fraction of sp³-hybridized carbons (Fsp3) is 0.250. The van der Waals surface area contributed by atoms with E-state index in [9.17, 15) is 14.4 Å². The Morgan fingerprint density at radius 3 is 2.43 bits per heavy atom. The molecule has 2 heterocycles. The van der Waals surface area contributed by atoms with Crippen LogP contribution in [0.25, 0.3) is 0 Å². The Hall–Kier alpha value is -3.55. The summed E-state index contributed by atoms with van der Waals surface area (Å²) in [6, 6.07) is 14.4. The van der Waals surface area contributed by atoms with Gasteiger partial charge in [0.1, 0.15) is 6.54 Å². The van der Waals surface area contributed by atoms with Crippen molar-refractivity contribution in [3.05, 3.63) is 60.2 Å². The molecule has 8 heteroatoms. The smallest absolute Gasteiger partial charge is 0.263 e. The second kappa shape index (κ2) is 7.22. The molecule has 1 N–H and O–H groups in total. The number of benzene rings is 2. The van der Waals surface area contributed by atoms with Gasteiger partial charge in [-0.05, 0) is 36.2 Å². The van der Waals surface area contributed by atoms with Crippen molar-refractivity contribution in [2.45, 2.75) is 25.4 Å². The molecule has 0 aromatic heterocycles. The van der Waals surface area contributed by atoms with Crippen LogP contribution in [-0.4, -0.2) is 41.4 Å². The number of rotatable bonds is 5. The minimum absolute atomic E-state index is 0.165. The molecule has 0 saturated carbocycles. The lowest BCUT2D eigenvalue weighted by Crippen LogP contribution is -2.43. The molecule has 0 radical (unpaired) electrons. The number of anilines is 2. The number of amides is 3. The Balaban J connectivity index is 1.45. The zero-order valence-electron chi connectivity index (χ0n) is 15.3. The van der Waals surface area contributed by atoms with E-state index in [0.29, 0.717) is 11.4 Å². The highest BCUT2D eigenvalue weighted by atomic mass is 16.2. The molecular formula is C20H19N5O3. The van der Waals surface area contributed by atoms with Crippen molar-refractivity contribution in [3.63, 3.8) is 0 Å². The topological polar surface area (TPSA) is 94.4 Å². The molecule has 1 saturated heterocycles. The fourth-order valence-electron chi connectivity index (χ4n) is 3.36. The summed E-state index contributed by atoms with van der Waals surface area (Å²) >= 11 is 0. The van der Waals surface area contributed by atoms with Crippen molar-refractivity contribution >= 4 is 29.1 Å². The molecule has 2 aromatic rings. The average molecular weight is 377 g/mol. The van der Waals surface area contributed by atoms with Crippen LogP contribution in [0.2, 0.25) is 0 Å². The first-order chi connectivity index (χ1) is 13.6. The Kier molecular flexibility index (Phi) is 4.60. The number of aryl methyl sites for hydroxylation is 1. The molecule has 0 unspecified atom stereocenters. The van der Waals surface area contributed by atoms with Gasteiger partial charge in [0, 0.05) is 5.69 Å². The third kappa shape index (κ3) is 3.13. The summed E-state index contributed by atoms with van der Waals surface area (Å²) < 4.78 is 0. The van der Waals surface area contributed by atoms with E-state index in [1.807, 2.05) is 24.3 Å². The molecule has 142 valence electrons. The number of hydrogen-bond donors (Lipinski definition) is 1. The van der Waals surface area contributed by atoms with Crippen molar-refractivity contribution in [1.82, 2.24) is 5.01 Å². The van der Waals surface area contributed by atoms with Gasteiger partial charge < -0.3 is 5.32 Å². The summed E-state index contributed by atoms with van der Waals surface area (Å²) in [5.41, 5.74) is 2.32. The first-order valence-electron chi connectivity index (χ1n) is 9.07. The van der Waals surface area contributed by atoms with Gasteiger partial charge in [0.15, 0.2) is 12.1 Å². The van der Waals surface area contributed by atoms with Crippen LogP contribution in [0, 0.1) is 0 Å². The lowest BCUT2D eigenvalue weighted by Gasteiger charge is -2.20.